The van der Waals surface area contributed by atoms with Crippen molar-refractivity contribution in [2.45, 2.75) is 18.8 Å². The molecule has 0 amide bonds. The predicted octanol–water partition coefficient (Wildman–Crippen LogP) is 4.95. The van der Waals surface area contributed by atoms with Gasteiger partial charge in [0, 0.05) is 17.7 Å². The Morgan fingerprint density at radius 2 is 1.33 bits per heavy atom. The normalized spacial score (nSPS) is 15.8. The zero-order valence-electron chi connectivity index (χ0n) is 13.4. The van der Waals surface area contributed by atoms with Gasteiger partial charge in [-0.05, 0) is 18.6 Å². The van der Waals surface area contributed by atoms with Crippen LogP contribution in [0.5, 0.6) is 5.75 Å². The van der Waals surface area contributed by atoms with E-state index in [0.29, 0.717) is 18.6 Å². The van der Waals surface area contributed by atoms with E-state index in [1.54, 1.807) is 0 Å². The molecule has 10 heteroatoms. The maximum absolute atomic E-state index is 14.2. The minimum atomic E-state index is -4.64. The molecule has 2 aromatic carbocycles. The third-order valence-corrected chi connectivity index (χ3v) is 3.66. The molecule has 0 spiro atoms. The molecular formula is C17H11F7O3. The van der Waals surface area contributed by atoms with E-state index in [2.05, 4.69) is 4.74 Å². The fourth-order valence-electron chi connectivity index (χ4n) is 2.48. The maximum atomic E-state index is 14.2. The molecule has 146 valence electrons. The van der Waals surface area contributed by atoms with E-state index in [4.69, 9.17) is 9.47 Å². The molecule has 0 radical (unpaired) electrons. The van der Waals surface area contributed by atoms with Crippen molar-refractivity contribution >= 4 is 0 Å². The summed E-state index contributed by atoms with van der Waals surface area (Å²) < 4.78 is 110. The van der Waals surface area contributed by atoms with Crippen LogP contribution in [0.25, 0.3) is 0 Å². The van der Waals surface area contributed by atoms with Gasteiger partial charge in [0.15, 0.2) is 23.7 Å². The Labute approximate surface area is 148 Å². The summed E-state index contributed by atoms with van der Waals surface area (Å²) in [5.41, 5.74) is -1.95. The first kappa shape index (κ1) is 19.4. The van der Waals surface area contributed by atoms with Gasteiger partial charge in [0.25, 0.3) is 0 Å². The molecule has 27 heavy (non-hydrogen) atoms. The topological polar surface area (TPSA) is 27.7 Å². The van der Waals surface area contributed by atoms with E-state index in [1.165, 1.54) is 0 Å². The third kappa shape index (κ3) is 4.01. The molecule has 1 aliphatic rings. The third-order valence-electron chi connectivity index (χ3n) is 3.66. The zero-order valence-corrected chi connectivity index (χ0v) is 13.4. The second-order valence-corrected chi connectivity index (χ2v) is 5.61. The van der Waals surface area contributed by atoms with Crippen molar-refractivity contribution in [3.63, 3.8) is 0 Å². The molecule has 2 aromatic rings. The standard InChI is InChI=1S/C17H11F7O3/c18-10-4-8(16-25-2-1-3-26-16)5-11(19)14(10)17(23,24)27-9-6-12(20)15(22)13(21)7-9/h4-7,16H,1-3H2. The Morgan fingerprint density at radius 1 is 0.815 bits per heavy atom. The first-order valence-corrected chi connectivity index (χ1v) is 7.63. The van der Waals surface area contributed by atoms with Gasteiger partial charge in [-0.1, -0.05) is 0 Å². The summed E-state index contributed by atoms with van der Waals surface area (Å²) in [5, 5.41) is 0. The van der Waals surface area contributed by atoms with Crippen LogP contribution in [0.15, 0.2) is 24.3 Å². The molecule has 0 unspecified atom stereocenters. The van der Waals surface area contributed by atoms with Crippen LogP contribution in [0.3, 0.4) is 0 Å². The molecule has 0 aromatic heterocycles. The fourth-order valence-corrected chi connectivity index (χ4v) is 2.48. The van der Waals surface area contributed by atoms with E-state index >= 15 is 0 Å². The number of ether oxygens (including phenoxy) is 3. The van der Waals surface area contributed by atoms with Crippen LogP contribution in [0, 0.1) is 29.1 Å². The van der Waals surface area contributed by atoms with Crippen molar-refractivity contribution in [3.8, 4) is 5.75 Å². The van der Waals surface area contributed by atoms with Gasteiger partial charge in [-0.3, -0.25) is 0 Å². The Hall–Kier alpha value is -2.33. The van der Waals surface area contributed by atoms with E-state index in [9.17, 15) is 30.7 Å². The molecule has 0 bridgehead atoms. The van der Waals surface area contributed by atoms with E-state index in [0.717, 1.165) is 0 Å². The van der Waals surface area contributed by atoms with Crippen molar-refractivity contribution in [2.75, 3.05) is 13.2 Å². The molecule has 0 aliphatic carbocycles. The van der Waals surface area contributed by atoms with Crippen molar-refractivity contribution in [1.82, 2.24) is 0 Å². The van der Waals surface area contributed by atoms with Crippen LogP contribution in [0.4, 0.5) is 30.7 Å². The second-order valence-electron chi connectivity index (χ2n) is 5.61. The lowest BCUT2D eigenvalue weighted by Gasteiger charge is -2.25. The highest BCUT2D eigenvalue weighted by Crippen LogP contribution is 2.37. The monoisotopic (exact) mass is 396 g/mol. The van der Waals surface area contributed by atoms with E-state index < -0.39 is 52.8 Å². The number of hydrogen-bond acceptors (Lipinski definition) is 3. The lowest BCUT2D eigenvalue weighted by atomic mass is 10.1. The lowest BCUT2D eigenvalue weighted by Crippen LogP contribution is -2.26. The first-order valence-electron chi connectivity index (χ1n) is 7.63. The van der Waals surface area contributed by atoms with Crippen LogP contribution in [0.1, 0.15) is 23.8 Å². The van der Waals surface area contributed by atoms with Crippen molar-refractivity contribution in [2.24, 2.45) is 0 Å². The average molecular weight is 396 g/mol. The highest BCUT2D eigenvalue weighted by Gasteiger charge is 2.42. The van der Waals surface area contributed by atoms with Crippen molar-refractivity contribution < 1.29 is 44.9 Å². The quantitative estimate of drug-likeness (QED) is 0.541. The number of alkyl halides is 2. The highest BCUT2D eigenvalue weighted by atomic mass is 19.3. The second kappa shape index (κ2) is 7.35. The summed E-state index contributed by atoms with van der Waals surface area (Å²) in [4.78, 5) is 0. The number of halogens is 7. The number of rotatable bonds is 4. The summed E-state index contributed by atoms with van der Waals surface area (Å²) in [5.74, 6) is -10.0. The summed E-state index contributed by atoms with van der Waals surface area (Å²) in [6.45, 7) is 0.521. The zero-order chi connectivity index (χ0) is 19.8. The highest BCUT2D eigenvalue weighted by molar-refractivity contribution is 5.31. The maximum Gasteiger partial charge on any atom is 0.432 e. The summed E-state index contributed by atoms with van der Waals surface area (Å²) in [6.07, 6.45) is -5.19. The molecule has 1 heterocycles. The van der Waals surface area contributed by atoms with Crippen LogP contribution >= 0.6 is 0 Å². The molecule has 3 nitrogen and oxygen atoms in total. The van der Waals surface area contributed by atoms with Gasteiger partial charge in [0.2, 0.25) is 0 Å². The molecule has 1 fully saturated rings. The smallest absolute Gasteiger partial charge is 0.429 e. The van der Waals surface area contributed by atoms with Crippen molar-refractivity contribution in [1.29, 1.82) is 0 Å². The fraction of sp³-hybridized carbons (Fsp3) is 0.294. The lowest BCUT2D eigenvalue weighted by molar-refractivity contribution is -0.191. The Bertz CT molecular complexity index is 804. The first-order chi connectivity index (χ1) is 12.7. The SMILES string of the molecule is Fc1cc(OC(F)(F)c2c(F)cc(C3OCCCO3)cc2F)cc(F)c1F. The minimum Gasteiger partial charge on any atom is -0.429 e. The molecular weight excluding hydrogens is 385 g/mol. The van der Waals surface area contributed by atoms with Gasteiger partial charge in [-0.15, -0.1) is 0 Å². The minimum absolute atomic E-state index is 0.125. The van der Waals surface area contributed by atoms with Crippen molar-refractivity contribution in [3.05, 3.63) is 64.5 Å². The van der Waals surface area contributed by atoms with E-state index in [-0.39, 0.29) is 30.9 Å². The molecule has 0 saturated carbocycles. The number of benzene rings is 2. The number of hydrogen-bond donors (Lipinski definition) is 0. The van der Waals surface area contributed by atoms with Crippen LogP contribution in [0.2, 0.25) is 0 Å². The molecule has 3 rings (SSSR count). The van der Waals surface area contributed by atoms with Crippen LogP contribution in [-0.2, 0) is 15.6 Å². The van der Waals surface area contributed by atoms with Gasteiger partial charge >= 0.3 is 6.11 Å². The van der Waals surface area contributed by atoms with Crippen LogP contribution in [-0.4, -0.2) is 13.2 Å². The van der Waals surface area contributed by atoms with Gasteiger partial charge in [-0.2, -0.15) is 8.78 Å². The largest absolute Gasteiger partial charge is 0.432 e. The van der Waals surface area contributed by atoms with E-state index in [1.807, 2.05) is 0 Å². The van der Waals surface area contributed by atoms with Gasteiger partial charge < -0.3 is 14.2 Å². The molecule has 1 aliphatic heterocycles. The Balaban J connectivity index is 1.92. The Kier molecular flexibility index (Phi) is 5.29. The molecule has 0 N–H and O–H groups in total. The molecule has 0 atom stereocenters. The van der Waals surface area contributed by atoms with Gasteiger partial charge in [0.05, 0.1) is 13.2 Å². The Morgan fingerprint density at radius 3 is 1.85 bits per heavy atom. The summed E-state index contributed by atoms with van der Waals surface area (Å²) in [7, 11) is 0. The van der Waals surface area contributed by atoms with Gasteiger partial charge in [-0.25, -0.2) is 22.0 Å². The summed E-state index contributed by atoms with van der Waals surface area (Å²) in [6, 6.07) is 1.41. The van der Waals surface area contributed by atoms with Gasteiger partial charge in [0.1, 0.15) is 22.9 Å². The average Bonchev–Trinajstić information content (AvgIpc) is 2.59. The van der Waals surface area contributed by atoms with Crippen LogP contribution < -0.4 is 4.74 Å². The summed E-state index contributed by atoms with van der Waals surface area (Å²) >= 11 is 0. The molecule has 1 saturated heterocycles. The predicted molar refractivity (Wildman–Crippen MR) is 76.5 cm³/mol.